The van der Waals surface area contributed by atoms with Gasteiger partial charge in [-0.2, -0.15) is 0 Å². The van der Waals surface area contributed by atoms with Gasteiger partial charge < -0.3 is 15.3 Å². The van der Waals surface area contributed by atoms with Crippen LogP contribution in [0.5, 0.6) is 0 Å². The average Bonchev–Trinajstić information content (AvgIpc) is 2.96. The van der Waals surface area contributed by atoms with Gasteiger partial charge in [0.05, 0.1) is 6.61 Å². The number of aliphatic hydroxyl groups is 1. The highest BCUT2D eigenvalue weighted by Gasteiger charge is 2.31. The normalized spacial score (nSPS) is 28.2. The molecule has 2 heterocycles. The third kappa shape index (κ3) is 3.22. The third-order valence-corrected chi connectivity index (χ3v) is 4.96. The summed E-state index contributed by atoms with van der Waals surface area (Å²) in [6.45, 7) is 3.66. The summed E-state index contributed by atoms with van der Waals surface area (Å²) < 4.78 is 0. The molecule has 0 bridgehead atoms. The topological polar surface area (TPSA) is 35.5 Å². The molecule has 3 atom stereocenters. The zero-order valence-corrected chi connectivity index (χ0v) is 12.2. The van der Waals surface area contributed by atoms with Gasteiger partial charge in [-0.05, 0) is 44.3 Å². The minimum absolute atomic E-state index is 0.220. The molecule has 3 nitrogen and oxygen atoms in total. The number of nitrogens with one attached hydrogen (secondary N) is 1. The summed E-state index contributed by atoms with van der Waals surface area (Å²) in [5.74, 6) is 0.220. The van der Waals surface area contributed by atoms with E-state index in [2.05, 4.69) is 34.5 Å². The summed E-state index contributed by atoms with van der Waals surface area (Å²) in [5, 5.41) is 13.3. The summed E-state index contributed by atoms with van der Waals surface area (Å²) >= 11 is 0. The number of hydrogen-bond donors (Lipinski definition) is 2. The summed E-state index contributed by atoms with van der Waals surface area (Å²) in [4.78, 5) is 2.65. The van der Waals surface area contributed by atoms with Crippen LogP contribution in [0.3, 0.4) is 0 Å². The summed E-state index contributed by atoms with van der Waals surface area (Å²) in [5.41, 5.74) is 1.24. The number of aliphatic hydroxyl groups excluding tert-OH is 1. The maximum absolute atomic E-state index is 9.61. The van der Waals surface area contributed by atoms with Gasteiger partial charge in [0.1, 0.15) is 0 Å². The van der Waals surface area contributed by atoms with Crippen LogP contribution in [0.15, 0.2) is 30.3 Å². The second-order valence-corrected chi connectivity index (χ2v) is 6.25. The molecule has 2 aliphatic heterocycles. The molecule has 0 spiro atoms. The van der Waals surface area contributed by atoms with Crippen molar-refractivity contribution in [3.63, 3.8) is 0 Å². The van der Waals surface area contributed by atoms with E-state index in [9.17, 15) is 5.11 Å². The van der Waals surface area contributed by atoms with Gasteiger partial charge in [-0.1, -0.05) is 30.3 Å². The number of piperidine rings is 1. The summed E-state index contributed by atoms with van der Waals surface area (Å²) in [7, 11) is 0. The van der Waals surface area contributed by atoms with Crippen LogP contribution >= 0.6 is 0 Å². The van der Waals surface area contributed by atoms with Gasteiger partial charge >= 0.3 is 0 Å². The predicted molar refractivity (Wildman–Crippen MR) is 81.9 cm³/mol. The molecule has 2 fully saturated rings. The van der Waals surface area contributed by atoms with Crippen LogP contribution < -0.4 is 5.32 Å². The van der Waals surface area contributed by atoms with Crippen molar-refractivity contribution in [1.82, 2.24) is 10.2 Å². The van der Waals surface area contributed by atoms with Crippen molar-refractivity contribution in [2.45, 2.75) is 43.7 Å². The van der Waals surface area contributed by atoms with Crippen LogP contribution in [0.4, 0.5) is 0 Å². The Kier molecular flexibility index (Phi) is 4.71. The minimum atomic E-state index is 0.220. The standard InChI is InChI=1S/C17H26N2O/c20-13-15(14-5-2-1-3-6-14)12-18-16-8-10-19-9-4-7-17(19)11-16/h1-3,5-6,15-18,20H,4,7-13H2/t15-,16+,17-/m0/s1. The molecule has 0 aromatic heterocycles. The van der Waals surface area contributed by atoms with Crippen LogP contribution in [-0.4, -0.2) is 48.3 Å². The zero-order valence-electron chi connectivity index (χ0n) is 12.2. The van der Waals surface area contributed by atoms with E-state index in [1.54, 1.807) is 0 Å². The van der Waals surface area contributed by atoms with Gasteiger partial charge in [0.2, 0.25) is 0 Å². The maximum atomic E-state index is 9.61. The first-order valence-corrected chi connectivity index (χ1v) is 8.00. The molecule has 3 heteroatoms. The molecule has 1 aromatic carbocycles. The first-order valence-electron chi connectivity index (χ1n) is 8.00. The van der Waals surface area contributed by atoms with E-state index < -0.39 is 0 Å². The van der Waals surface area contributed by atoms with Gasteiger partial charge in [-0.15, -0.1) is 0 Å². The molecule has 0 aliphatic carbocycles. The van der Waals surface area contributed by atoms with Gasteiger partial charge in [0.15, 0.2) is 0 Å². The number of hydrogen-bond acceptors (Lipinski definition) is 3. The number of fused-ring (bicyclic) bond motifs is 1. The molecule has 0 amide bonds. The highest BCUT2D eigenvalue weighted by molar-refractivity contribution is 5.20. The Bertz CT molecular complexity index is 409. The van der Waals surface area contributed by atoms with Crippen molar-refractivity contribution >= 4 is 0 Å². The van der Waals surface area contributed by atoms with E-state index in [-0.39, 0.29) is 12.5 Å². The Balaban J connectivity index is 1.51. The molecule has 20 heavy (non-hydrogen) atoms. The fraction of sp³-hybridized carbons (Fsp3) is 0.647. The SMILES string of the molecule is OC[C@H](CN[C@@H]1CCN2CCC[C@H]2C1)c1ccccc1. The first-order chi connectivity index (χ1) is 9.86. The summed E-state index contributed by atoms with van der Waals surface area (Å²) in [6, 6.07) is 11.8. The second kappa shape index (κ2) is 6.70. The second-order valence-electron chi connectivity index (χ2n) is 6.25. The Morgan fingerprint density at radius 1 is 1.20 bits per heavy atom. The van der Waals surface area contributed by atoms with Gasteiger partial charge in [-0.25, -0.2) is 0 Å². The molecule has 1 aromatic rings. The van der Waals surface area contributed by atoms with Crippen LogP contribution in [0.2, 0.25) is 0 Å². The quantitative estimate of drug-likeness (QED) is 0.862. The molecule has 2 aliphatic rings. The van der Waals surface area contributed by atoms with E-state index in [1.807, 2.05) is 6.07 Å². The molecule has 0 unspecified atom stereocenters. The van der Waals surface area contributed by atoms with Crippen molar-refractivity contribution < 1.29 is 5.11 Å². The molecule has 2 saturated heterocycles. The van der Waals surface area contributed by atoms with Gasteiger partial charge in [-0.3, -0.25) is 0 Å². The Hall–Kier alpha value is -0.900. The van der Waals surface area contributed by atoms with E-state index in [1.165, 1.54) is 44.3 Å². The fourth-order valence-electron chi connectivity index (χ4n) is 3.73. The van der Waals surface area contributed by atoms with Crippen molar-refractivity contribution in [1.29, 1.82) is 0 Å². The van der Waals surface area contributed by atoms with Crippen molar-refractivity contribution in [3.8, 4) is 0 Å². The maximum Gasteiger partial charge on any atom is 0.0511 e. The van der Waals surface area contributed by atoms with Gasteiger partial charge in [0.25, 0.3) is 0 Å². The lowest BCUT2D eigenvalue weighted by Gasteiger charge is -2.35. The zero-order chi connectivity index (χ0) is 13.8. The number of nitrogens with zero attached hydrogens (tertiary/aromatic N) is 1. The highest BCUT2D eigenvalue weighted by Crippen LogP contribution is 2.27. The highest BCUT2D eigenvalue weighted by atomic mass is 16.3. The molecular formula is C17H26N2O. The number of benzene rings is 1. The van der Waals surface area contributed by atoms with Gasteiger partial charge in [0, 0.05) is 24.5 Å². The Morgan fingerprint density at radius 3 is 2.85 bits per heavy atom. The lowest BCUT2D eigenvalue weighted by atomic mass is 9.95. The van der Waals surface area contributed by atoms with Crippen molar-refractivity contribution in [2.75, 3.05) is 26.2 Å². The van der Waals surface area contributed by atoms with E-state index in [0.717, 1.165) is 12.6 Å². The lowest BCUT2D eigenvalue weighted by molar-refractivity contribution is 0.163. The molecule has 2 N–H and O–H groups in total. The van der Waals surface area contributed by atoms with Crippen LogP contribution in [0, 0.1) is 0 Å². The van der Waals surface area contributed by atoms with Crippen molar-refractivity contribution in [3.05, 3.63) is 35.9 Å². The van der Waals surface area contributed by atoms with Crippen LogP contribution in [0.25, 0.3) is 0 Å². The monoisotopic (exact) mass is 274 g/mol. The predicted octanol–water partition coefficient (Wildman–Crippen LogP) is 1.98. The third-order valence-electron chi connectivity index (χ3n) is 4.96. The first kappa shape index (κ1) is 14.1. The number of rotatable bonds is 5. The average molecular weight is 274 g/mol. The smallest absolute Gasteiger partial charge is 0.0511 e. The Morgan fingerprint density at radius 2 is 2.05 bits per heavy atom. The molecule has 0 saturated carbocycles. The van der Waals surface area contributed by atoms with Crippen molar-refractivity contribution in [2.24, 2.45) is 0 Å². The largest absolute Gasteiger partial charge is 0.396 e. The molecular weight excluding hydrogens is 248 g/mol. The van der Waals surface area contributed by atoms with Crippen LogP contribution in [-0.2, 0) is 0 Å². The molecule has 110 valence electrons. The fourth-order valence-corrected chi connectivity index (χ4v) is 3.73. The van der Waals surface area contributed by atoms with E-state index >= 15 is 0 Å². The molecule has 3 rings (SSSR count). The Labute approximate surface area is 122 Å². The van der Waals surface area contributed by atoms with E-state index in [0.29, 0.717) is 6.04 Å². The van der Waals surface area contributed by atoms with Crippen LogP contribution in [0.1, 0.15) is 37.2 Å². The minimum Gasteiger partial charge on any atom is -0.396 e. The summed E-state index contributed by atoms with van der Waals surface area (Å²) in [6.07, 6.45) is 5.29. The lowest BCUT2D eigenvalue weighted by Crippen LogP contribution is -2.46. The van der Waals surface area contributed by atoms with E-state index in [4.69, 9.17) is 0 Å². The molecule has 0 radical (unpaired) electrons.